The molecule has 0 spiro atoms. The Morgan fingerprint density at radius 3 is 2.71 bits per heavy atom. The summed E-state index contributed by atoms with van der Waals surface area (Å²) in [6.45, 7) is 2.57. The van der Waals surface area contributed by atoms with Crippen LogP contribution in [0.25, 0.3) is 0 Å². The van der Waals surface area contributed by atoms with E-state index in [4.69, 9.17) is 9.47 Å². The number of nitrogens with zero attached hydrogens (tertiary/aromatic N) is 1. The quantitative estimate of drug-likeness (QED) is 0.517. The lowest BCUT2D eigenvalue weighted by Gasteiger charge is -2.21. The molecule has 1 heterocycles. The van der Waals surface area contributed by atoms with Crippen molar-refractivity contribution in [2.45, 2.75) is 24.7 Å². The molecule has 0 unspecified atom stereocenters. The van der Waals surface area contributed by atoms with Crippen molar-refractivity contribution in [2.24, 2.45) is 0 Å². The lowest BCUT2D eigenvalue weighted by Crippen LogP contribution is -2.36. The van der Waals surface area contributed by atoms with Gasteiger partial charge in [-0.15, -0.1) is 11.8 Å². The molecule has 5 nitrogen and oxygen atoms in total. The first-order valence-electron chi connectivity index (χ1n) is 10.3. The highest BCUT2D eigenvalue weighted by Crippen LogP contribution is 2.26. The van der Waals surface area contributed by atoms with Gasteiger partial charge in [0.05, 0.1) is 26.3 Å². The molecular weight excluding hydrogens is 408 g/mol. The molecule has 0 saturated carbocycles. The fourth-order valence-corrected chi connectivity index (χ4v) is 3.93. The van der Waals surface area contributed by atoms with E-state index in [0.29, 0.717) is 32.9 Å². The average Bonchev–Trinajstić information content (AvgIpc) is 3.02. The van der Waals surface area contributed by atoms with Crippen LogP contribution >= 0.6 is 11.8 Å². The predicted octanol–water partition coefficient (Wildman–Crippen LogP) is 5.55. The van der Waals surface area contributed by atoms with E-state index in [1.165, 1.54) is 0 Å². The average molecular weight is 435 g/mol. The minimum atomic E-state index is -0.125. The van der Waals surface area contributed by atoms with Gasteiger partial charge in [-0.05, 0) is 47.7 Å². The Hall–Kier alpha value is -2.96. The maximum atomic E-state index is 12.9. The SMILES string of the molecule is CSc1cccc(NC(=O)N2CCOc3ccc(COCc4ccccc4)cc3C2)c1. The van der Waals surface area contributed by atoms with Crippen molar-refractivity contribution in [3.05, 3.63) is 89.5 Å². The highest BCUT2D eigenvalue weighted by molar-refractivity contribution is 7.98. The zero-order valence-electron chi connectivity index (χ0n) is 17.5. The number of benzene rings is 3. The van der Waals surface area contributed by atoms with Crippen LogP contribution in [0.15, 0.2) is 77.7 Å². The summed E-state index contributed by atoms with van der Waals surface area (Å²) in [7, 11) is 0. The molecule has 0 saturated heterocycles. The lowest BCUT2D eigenvalue weighted by atomic mass is 10.1. The van der Waals surface area contributed by atoms with Crippen LogP contribution in [-0.2, 0) is 24.5 Å². The first kappa shape index (κ1) is 21.3. The molecule has 0 aliphatic carbocycles. The van der Waals surface area contributed by atoms with Gasteiger partial charge in [-0.2, -0.15) is 0 Å². The Labute approximate surface area is 187 Å². The number of ether oxygens (including phenoxy) is 2. The molecule has 3 aromatic carbocycles. The van der Waals surface area contributed by atoms with E-state index in [1.54, 1.807) is 16.7 Å². The van der Waals surface area contributed by atoms with E-state index in [0.717, 1.165) is 33.0 Å². The lowest BCUT2D eigenvalue weighted by molar-refractivity contribution is 0.107. The highest BCUT2D eigenvalue weighted by atomic mass is 32.2. The molecule has 0 aromatic heterocycles. The van der Waals surface area contributed by atoms with Crippen LogP contribution in [0.3, 0.4) is 0 Å². The summed E-state index contributed by atoms with van der Waals surface area (Å²) in [5, 5.41) is 3.01. The molecule has 0 bridgehead atoms. The van der Waals surface area contributed by atoms with Crippen molar-refractivity contribution in [1.82, 2.24) is 4.90 Å². The van der Waals surface area contributed by atoms with Crippen molar-refractivity contribution >= 4 is 23.5 Å². The molecule has 6 heteroatoms. The Balaban J connectivity index is 1.39. The third-order valence-electron chi connectivity index (χ3n) is 5.09. The molecule has 0 atom stereocenters. The fraction of sp³-hybridized carbons (Fsp3) is 0.240. The zero-order chi connectivity index (χ0) is 21.5. The van der Waals surface area contributed by atoms with Crippen LogP contribution in [-0.4, -0.2) is 30.3 Å². The number of carbonyl (C=O) groups is 1. The minimum Gasteiger partial charge on any atom is -0.491 e. The summed E-state index contributed by atoms with van der Waals surface area (Å²) in [5.41, 5.74) is 4.00. The number of urea groups is 1. The second-order valence-corrected chi connectivity index (χ2v) is 8.23. The van der Waals surface area contributed by atoms with Gasteiger partial charge in [0.2, 0.25) is 0 Å². The molecule has 0 fully saturated rings. The second-order valence-electron chi connectivity index (χ2n) is 7.35. The summed E-state index contributed by atoms with van der Waals surface area (Å²) >= 11 is 1.65. The third kappa shape index (κ3) is 5.81. The van der Waals surface area contributed by atoms with Gasteiger partial charge in [0.15, 0.2) is 0 Å². The number of anilines is 1. The van der Waals surface area contributed by atoms with Crippen LogP contribution in [0.5, 0.6) is 5.75 Å². The van der Waals surface area contributed by atoms with Gasteiger partial charge in [0.1, 0.15) is 12.4 Å². The van der Waals surface area contributed by atoms with Crippen LogP contribution in [0.2, 0.25) is 0 Å². The molecule has 1 aliphatic rings. The van der Waals surface area contributed by atoms with Crippen molar-refractivity contribution in [3.8, 4) is 5.75 Å². The van der Waals surface area contributed by atoms with Crippen molar-refractivity contribution in [1.29, 1.82) is 0 Å². The van der Waals surface area contributed by atoms with Gasteiger partial charge in [-0.25, -0.2) is 4.79 Å². The number of thioether (sulfide) groups is 1. The first-order chi connectivity index (χ1) is 15.2. The van der Waals surface area contributed by atoms with E-state index in [2.05, 4.69) is 23.5 Å². The largest absolute Gasteiger partial charge is 0.491 e. The summed E-state index contributed by atoms with van der Waals surface area (Å²) in [4.78, 5) is 15.8. The van der Waals surface area contributed by atoms with Gasteiger partial charge in [0.25, 0.3) is 0 Å². The Morgan fingerprint density at radius 2 is 1.87 bits per heavy atom. The topological polar surface area (TPSA) is 50.8 Å². The number of hydrogen-bond acceptors (Lipinski definition) is 4. The number of carbonyl (C=O) groups excluding carboxylic acids is 1. The number of nitrogens with one attached hydrogen (secondary N) is 1. The van der Waals surface area contributed by atoms with E-state index in [1.807, 2.05) is 60.9 Å². The van der Waals surface area contributed by atoms with Crippen molar-refractivity contribution in [2.75, 3.05) is 24.7 Å². The van der Waals surface area contributed by atoms with E-state index >= 15 is 0 Å². The standard InChI is InChI=1S/C25H26N2O3S/c1-31-23-9-5-8-22(15-23)26-25(28)27-12-13-30-24-11-10-20(14-21(24)16-27)18-29-17-19-6-3-2-4-7-19/h2-11,14-15H,12-13,16-18H2,1H3,(H,26,28). The number of hydrogen-bond donors (Lipinski definition) is 1. The summed E-state index contributed by atoms with van der Waals surface area (Å²) in [6.07, 6.45) is 2.02. The molecule has 4 rings (SSSR count). The number of amides is 2. The van der Waals surface area contributed by atoms with Crippen molar-refractivity contribution in [3.63, 3.8) is 0 Å². The van der Waals surface area contributed by atoms with E-state index < -0.39 is 0 Å². The Kier molecular flexibility index (Phi) is 7.12. The molecule has 1 N–H and O–H groups in total. The zero-order valence-corrected chi connectivity index (χ0v) is 18.4. The molecule has 2 amide bonds. The van der Waals surface area contributed by atoms with Gasteiger partial charge in [-0.1, -0.05) is 42.5 Å². The fourth-order valence-electron chi connectivity index (χ4n) is 3.48. The molecule has 0 radical (unpaired) electrons. The van der Waals surface area contributed by atoms with Gasteiger partial charge in [0, 0.05) is 16.1 Å². The van der Waals surface area contributed by atoms with Gasteiger partial charge in [-0.3, -0.25) is 0 Å². The number of rotatable bonds is 6. The summed E-state index contributed by atoms with van der Waals surface area (Å²) in [5.74, 6) is 0.825. The van der Waals surface area contributed by atoms with Crippen molar-refractivity contribution < 1.29 is 14.3 Å². The molecule has 1 aliphatic heterocycles. The first-order valence-corrected chi connectivity index (χ1v) is 11.5. The highest BCUT2D eigenvalue weighted by Gasteiger charge is 2.20. The molecule has 3 aromatic rings. The van der Waals surface area contributed by atoms with Gasteiger partial charge < -0.3 is 19.7 Å². The predicted molar refractivity (Wildman–Crippen MR) is 125 cm³/mol. The normalized spacial score (nSPS) is 13.1. The minimum absolute atomic E-state index is 0.125. The molecule has 160 valence electrons. The molecular formula is C25H26N2O3S. The van der Waals surface area contributed by atoms with E-state index in [9.17, 15) is 4.79 Å². The van der Waals surface area contributed by atoms with Gasteiger partial charge >= 0.3 is 6.03 Å². The Bertz CT molecular complexity index is 1030. The molecule has 31 heavy (non-hydrogen) atoms. The van der Waals surface area contributed by atoms with Crippen LogP contribution < -0.4 is 10.1 Å². The Morgan fingerprint density at radius 1 is 1.03 bits per heavy atom. The van der Waals surface area contributed by atoms with Crippen LogP contribution in [0.1, 0.15) is 16.7 Å². The maximum Gasteiger partial charge on any atom is 0.322 e. The summed E-state index contributed by atoms with van der Waals surface area (Å²) < 4.78 is 11.7. The number of fused-ring (bicyclic) bond motifs is 1. The van der Waals surface area contributed by atoms with Crippen LogP contribution in [0, 0.1) is 0 Å². The smallest absolute Gasteiger partial charge is 0.322 e. The maximum absolute atomic E-state index is 12.9. The second kappa shape index (κ2) is 10.4. The van der Waals surface area contributed by atoms with Crippen LogP contribution in [0.4, 0.5) is 10.5 Å². The summed E-state index contributed by atoms with van der Waals surface area (Å²) in [6, 6.07) is 23.9. The van der Waals surface area contributed by atoms with E-state index in [-0.39, 0.29) is 6.03 Å². The monoisotopic (exact) mass is 434 g/mol. The third-order valence-corrected chi connectivity index (χ3v) is 5.82.